The SMILES string of the molecule is CCCNC(Cc1ncc[nH]1)c1ccc(Cl)cc1C. The highest BCUT2D eigenvalue weighted by molar-refractivity contribution is 6.30. The quantitative estimate of drug-likeness (QED) is 0.846. The van der Waals surface area contributed by atoms with Crippen molar-refractivity contribution in [2.45, 2.75) is 32.7 Å². The minimum atomic E-state index is 0.267. The molecule has 0 aliphatic heterocycles. The van der Waals surface area contributed by atoms with Gasteiger partial charge in [0.25, 0.3) is 0 Å². The zero-order chi connectivity index (χ0) is 13.7. The van der Waals surface area contributed by atoms with Crippen LogP contribution in [0.3, 0.4) is 0 Å². The number of hydrogen-bond acceptors (Lipinski definition) is 2. The van der Waals surface area contributed by atoms with Crippen LogP contribution in [0.2, 0.25) is 5.02 Å². The van der Waals surface area contributed by atoms with Crippen LogP contribution in [0.25, 0.3) is 0 Å². The summed E-state index contributed by atoms with van der Waals surface area (Å²) >= 11 is 6.03. The molecule has 19 heavy (non-hydrogen) atoms. The van der Waals surface area contributed by atoms with Crippen molar-refractivity contribution < 1.29 is 0 Å². The van der Waals surface area contributed by atoms with Crippen molar-refractivity contribution in [3.05, 3.63) is 52.6 Å². The molecule has 0 fully saturated rings. The number of nitrogens with one attached hydrogen (secondary N) is 2. The topological polar surface area (TPSA) is 40.7 Å². The van der Waals surface area contributed by atoms with E-state index in [1.165, 1.54) is 11.1 Å². The van der Waals surface area contributed by atoms with Crippen LogP contribution in [0, 0.1) is 6.92 Å². The Kier molecular flexibility index (Phi) is 5.00. The standard InChI is InChI=1S/C15H20ClN3/c1-3-6-17-14(10-15-18-7-8-19-15)13-5-4-12(16)9-11(13)2/h4-5,7-9,14,17H,3,6,10H2,1-2H3,(H,18,19). The predicted octanol–water partition coefficient (Wildman–Crippen LogP) is 3.65. The highest BCUT2D eigenvalue weighted by atomic mass is 35.5. The van der Waals surface area contributed by atoms with Gasteiger partial charge in [-0.2, -0.15) is 0 Å². The number of nitrogens with zero attached hydrogens (tertiary/aromatic N) is 1. The molecule has 0 amide bonds. The molecular weight excluding hydrogens is 258 g/mol. The normalized spacial score (nSPS) is 12.6. The second-order valence-electron chi connectivity index (χ2n) is 4.75. The van der Waals surface area contributed by atoms with E-state index in [0.717, 1.165) is 30.2 Å². The lowest BCUT2D eigenvalue weighted by molar-refractivity contribution is 0.518. The van der Waals surface area contributed by atoms with E-state index in [0.29, 0.717) is 0 Å². The number of aromatic amines is 1. The number of hydrogen-bond donors (Lipinski definition) is 2. The Morgan fingerprint density at radius 3 is 2.89 bits per heavy atom. The fraction of sp³-hybridized carbons (Fsp3) is 0.400. The molecule has 0 bridgehead atoms. The first-order valence-corrected chi connectivity index (χ1v) is 7.06. The minimum Gasteiger partial charge on any atom is -0.349 e. The van der Waals surface area contributed by atoms with Gasteiger partial charge in [0.1, 0.15) is 5.82 Å². The fourth-order valence-corrected chi connectivity index (χ4v) is 2.47. The summed E-state index contributed by atoms with van der Waals surface area (Å²) in [4.78, 5) is 7.48. The maximum absolute atomic E-state index is 6.03. The van der Waals surface area contributed by atoms with Crippen molar-refractivity contribution in [3.8, 4) is 0 Å². The van der Waals surface area contributed by atoms with E-state index < -0.39 is 0 Å². The third-order valence-corrected chi connectivity index (χ3v) is 3.44. The van der Waals surface area contributed by atoms with E-state index in [-0.39, 0.29) is 6.04 Å². The van der Waals surface area contributed by atoms with Gasteiger partial charge in [0.2, 0.25) is 0 Å². The van der Waals surface area contributed by atoms with Crippen molar-refractivity contribution in [3.63, 3.8) is 0 Å². The Morgan fingerprint density at radius 2 is 2.26 bits per heavy atom. The van der Waals surface area contributed by atoms with Gasteiger partial charge in [0.15, 0.2) is 0 Å². The molecule has 1 atom stereocenters. The lowest BCUT2D eigenvalue weighted by Gasteiger charge is -2.20. The number of H-pyrrole nitrogens is 1. The van der Waals surface area contributed by atoms with Crippen molar-refractivity contribution in [1.29, 1.82) is 0 Å². The van der Waals surface area contributed by atoms with Gasteiger partial charge in [-0.1, -0.05) is 24.6 Å². The molecule has 4 heteroatoms. The molecule has 2 N–H and O–H groups in total. The summed E-state index contributed by atoms with van der Waals surface area (Å²) in [6.07, 6.45) is 5.62. The Labute approximate surface area is 119 Å². The smallest absolute Gasteiger partial charge is 0.107 e. The van der Waals surface area contributed by atoms with Gasteiger partial charge < -0.3 is 10.3 Å². The molecule has 0 aliphatic carbocycles. The molecule has 2 rings (SSSR count). The van der Waals surface area contributed by atoms with Crippen LogP contribution in [-0.4, -0.2) is 16.5 Å². The number of imidazole rings is 1. The summed E-state index contributed by atoms with van der Waals surface area (Å²) in [6.45, 7) is 5.27. The number of rotatable bonds is 6. The summed E-state index contributed by atoms with van der Waals surface area (Å²) in [5, 5.41) is 4.37. The number of aryl methyl sites for hydroxylation is 1. The molecule has 3 nitrogen and oxygen atoms in total. The average Bonchev–Trinajstić information content (AvgIpc) is 2.88. The highest BCUT2D eigenvalue weighted by Crippen LogP contribution is 2.23. The van der Waals surface area contributed by atoms with Crippen molar-refractivity contribution in [2.24, 2.45) is 0 Å². The minimum absolute atomic E-state index is 0.267. The molecule has 1 aromatic heterocycles. The van der Waals surface area contributed by atoms with E-state index >= 15 is 0 Å². The van der Waals surface area contributed by atoms with E-state index in [1.807, 2.05) is 18.3 Å². The average molecular weight is 278 g/mol. The van der Waals surface area contributed by atoms with E-state index in [9.17, 15) is 0 Å². The Balaban J connectivity index is 2.20. The second-order valence-corrected chi connectivity index (χ2v) is 5.18. The molecule has 2 aromatic rings. The molecule has 0 aliphatic rings. The molecule has 0 radical (unpaired) electrons. The molecular formula is C15H20ClN3. The Morgan fingerprint density at radius 1 is 1.42 bits per heavy atom. The van der Waals surface area contributed by atoms with Gasteiger partial charge in [0.05, 0.1) is 0 Å². The Bertz CT molecular complexity index is 508. The second kappa shape index (κ2) is 6.73. The first-order chi connectivity index (χ1) is 9.20. The zero-order valence-corrected chi connectivity index (χ0v) is 12.2. The largest absolute Gasteiger partial charge is 0.349 e. The third kappa shape index (κ3) is 3.82. The molecule has 1 heterocycles. The fourth-order valence-electron chi connectivity index (χ4n) is 2.24. The van der Waals surface area contributed by atoms with E-state index in [4.69, 9.17) is 11.6 Å². The van der Waals surface area contributed by atoms with Gasteiger partial charge in [-0.05, 0) is 43.1 Å². The monoisotopic (exact) mass is 277 g/mol. The molecule has 1 unspecified atom stereocenters. The van der Waals surface area contributed by atoms with Crippen LogP contribution < -0.4 is 5.32 Å². The van der Waals surface area contributed by atoms with E-state index in [1.54, 1.807) is 6.20 Å². The van der Waals surface area contributed by atoms with E-state index in [2.05, 4.69) is 35.2 Å². The summed E-state index contributed by atoms with van der Waals surface area (Å²) in [5.41, 5.74) is 2.50. The first-order valence-electron chi connectivity index (χ1n) is 6.68. The zero-order valence-electron chi connectivity index (χ0n) is 11.4. The summed E-state index contributed by atoms with van der Waals surface area (Å²) in [6, 6.07) is 6.34. The van der Waals surface area contributed by atoms with Gasteiger partial charge in [-0.3, -0.25) is 0 Å². The lowest BCUT2D eigenvalue weighted by Crippen LogP contribution is -2.25. The molecule has 102 valence electrons. The Hall–Kier alpha value is -1.32. The van der Waals surface area contributed by atoms with Crippen LogP contribution >= 0.6 is 11.6 Å². The third-order valence-electron chi connectivity index (χ3n) is 3.20. The summed E-state index contributed by atoms with van der Waals surface area (Å²) in [7, 11) is 0. The molecule has 1 aromatic carbocycles. The van der Waals surface area contributed by atoms with Gasteiger partial charge in [0, 0.05) is 29.9 Å². The molecule has 0 spiro atoms. The maximum Gasteiger partial charge on any atom is 0.107 e. The highest BCUT2D eigenvalue weighted by Gasteiger charge is 2.15. The van der Waals surface area contributed by atoms with Crippen LogP contribution in [-0.2, 0) is 6.42 Å². The van der Waals surface area contributed by atoms with Crippen molar-refractivity contribution in [2.75, 3.05) is 6.54 Å². The molecule has 0 saturated carbocycles. The van der Waals surface area contributed by atoms with Crippen molar-refractivity contribution >= 4 is 11.6 Å². The van der Waals surface area contributed by atoms with Crippen LogP contribution in [0.1, 0.15) is 36.3 Å². The van der Waals surface area contributed by atoms with Crippen molar-refractivity contribution in [1.82, 2.24) is 15.3 Å². The predicted molar refractivity (Wildman–Crippen MR) is 79.5 cm³/mol. The maximum atomic E-state index is 6.03. The van der Waals surface area contributed by atoms with Gasteiger partial charge in [-0.25, -0.2) is 4.98 Å². The summed E-state index contributed by atoms with van der Waals surface area (Å²) in [5.74, 6) is 1.00. The number of benzene rings is 1. The van der Waals surface area contributed by atoms with Crippen LogP contribution in [0.15, 0.2) is 30.6 Å². The van der Waals surface area contributed by atoms with Crippen LogP contribution in [0.5, 0.6) is 0 Å². The van der Waals surface area contributed by atoms with Gasteiger partial charge >= 0.3 is 0 Å². The molecule has 0 saturated heterocycles. The van der Waals surface area contributed by atoms with Gasteiger partial charge in [-0.15, -0.1) is 0 Å². The first kappa shape index (κ1) is 14.1. The number of aromatic nitrogens is 2. The summed E-state index contributed by atoms with van der Waals surface area (Å²) < 4.78 is 0. The van der Waals surface area contributed by atoms with Crippen LogP contribution in [0.4, 0.5) is 0 Å². The number of halogens is 1. The lowest BCUT2D eigenvalue weighted by atomic mass is 9.98.